The highest BCUT2D eigenvalue weighted by atomic mass is 19.4. The van der Waals surface area contributed by atoms with E-state index in [2.05, 4.69) is 5.32 Å². The van der Waals surface area contributed by atoms with Crippen molar-refractivity contribution in [1.82, 2.24) is 4.90 Å². The van der Waals surface area contributed by atoms with Crippen molar-refractivity contribution in [2.75, 3.05) is 18.9 Å². The van der Waals surface area contributed by atoms with Crippen LogP contribution in [0.15, 0.2) is 18.2 Å². The summed E-state index contributed by atoms with van der Waals surface area (Å²) < 4.78 is 37.8. The highest BCUT2D eigenvalue weighted by molar-refractivity contribution is 5.84. The van der Waals surface area contributed by atoms with Gasteiger partial charge in [-0.2, -0.15) is 18.4 Å². The number of rotatable bonds is 4. The number of hydrogen-bond donors (Lipinski definition) is 1. The van der Waals surface area contributed by atoms with Crippen molar-refractivity contribution >= 4 is 11.6 Å². The van der Waals surface area contributed by atoms with Crippen LogP contribution in [0.4, 0.5) is 18.9 Å². The smallest absolute Gasteiger partial charge is 0.373 e. The molecule has 0 fully saturated rings. The minimum atomic E-state index is -4.51. The number of amides is 1. The van der Waals surface area contributed by atoms with Crippen LogP contribution in [0.1, 0.15) is 25.0 Å². The van der Waals surface area contributed by atoms with Gasteiger partial charge in [0.15, 0.2) is 0 Å². The quantitative estimate of drug-likeness (QED) is 0.930. The van der Waals surface area contributed by atoms with Gasteiger partial charge in [-0.25, -0.2) is 0 Å². The molecule has 1 N–H and O–H groups in total. The third-order valence-corrected chi connectivity index (χ3v) is 3.06. The predicted octanol–water partition coefficient (Wildman–Crippen LogP) is 2.86. The minimum Gasteiger partial charge on any atom is -0.373 e. The van der Waals surface area contributed by atoms with Crippen molar-refractivity contribution in [3.8, 4) is 6.07 Å². The van der Waals surface area contributed by atoms with Gasteiger partial charge in [-0.1, -0.05) is 0 Å². The molecule has 1 atom stereocenters. The van der Waals surface area contributed by atoms with Crippen LogP contribution in [-0.2, 0) is 11.0 Å². The summed E-state index contributed by atoms with van der Waals surface area (Å²) in [6, 6.07) is 3.88. The summed E-state index contributed by atoms with van der Waals surface area (Å²) in [5.41, 5.74) is -0.839. The van der Waals surface area contributed by atoms with E-state index >= 15 is 0 Å². The molecule has 1 amide bonds. The Kier molecular flexibility index (Phi) is 5.19. The van der Waals surface area contributed by atoms with Gasteiger partial charge in [0.05, 0.1) is 16.8 Å². The molecule has 0 heterocycles. The normalized spacial score (nSPS) is 12.4. The molecule has 7 heteroatoms. The average molecular weight is 299 g/mol. The maximum Gasteiger partial charge on any atom is 0.416 e. The van der Waals surface area contributed by atoms with Gasteiger partial charge < -0.3 is 10.2 Å². The Bertz CT molecular complexity index is 564. The van der Waals surface area contributed by atoms with Gasteiger partial charge in [-0.05, 0) is 32.0 Å². The van der Waals surface area contributed by atoms with Crippen molar-refractivity contribution < 1.29 is 18.0 Å². The van der Waals surface area contributed by atoms with E-state index in [4.69, 9.17) is 5.26 Å². The number of nitrogens with one attached hydrogen (secondary N) is 1. The maximum atomic E-state index is 12.6. The number of halogens is 3. The first-order chi connectivity index (χ1) is 9.70. The summed E-state index contributed by atoms with van der Waals surface area (Å²) in [7, 11) is 1.62. The molecule has 114 valence electrons. The largest absolute Gasteiger partial charge is 0.416 e. The lowest BCUT2D eigenvalue weighted by Gasteiger charge is -2.22. The number of nitrogens with zero attached hydrogens (tertiary/aromatic N) is 2. The Labute approximate surface area is 121 Å². The van der Waals surface area contributed by atoms with E-state index in [1.54, 1.807) is 20.0 Å². The highest BCUT2D eigenvalue weighted by Crippen LogP contribution is 2.31. The Morgan fingerprint density at radius 1 is 1.48 bits per heavy atom. The van der Waals surface area contributed by atoms with Gasteiger partial charge >= 0.3 is 6.18 Å². The molecule has 0 saturated heterocycles. The van der Waals surface area contributed by atoms with Gasteiger partial charge in [0, 0.05) is 13.6 Å². The third-order valence-electron chi connectivity index (χ3n) is 3.06. The molecule has 0 aliphatic carbocycles. The molecule has 1 aromatic carbocycles. The Morgan fingerprint density at radius 2 is 2.10 bits per heavy atom. The van der Waals surface area contributed by atoms with Gasteiger partial charge in [0.25, 0.3) is 0 Å². The maximum absolute atomic E-state index is 12.6. The molecule has 1 unspecified atom stereocenters. The molecule has 0 aromatic heterocycles. The average Bonchev–Trinajstić information content (AvgIpc) is 2.44. The van der Waals surface area contributed by atoms with E-state index in [9.17, 15) is 18.0 Å². The molecule has 0 bridgehead atoms. The van der Waals surface area contributed by atoms with Crippen molar-refractivity contribution in [2.45, 2.75) is 26.1 Å². The van der Waals surface area contributed by atoms with Crippen molar-refractivity contribution in [1.29, 1.82) is 5.26 Å². The highest BCUT2D eigenvalue weighted by Gasteiger charge is 2.31. The van der Waals surface area contributed by atoms with E-state index < -0.39 is 17.8 Å². The number of hydrogen-bond acceptors (Lipinski definition) is 3. The van der Waals surface area contributed by atoms with Crippen molar-refractivity contribution in [3.63, 3.8) is 0 Å². The van der Waals surface area contributed by atoms with Gasteiger partial charge in [-0.15, -0.1) is 0 Å². The summed E-state index contributed by atoms with van der Waals surface area (Å²) in [4.78, 5) is 13.4. The van der Waals surface area contributed by atoms with Gasteiger partial charge in [-0.3, -0.25) is 4.79 Å². The van der Waals surface area contributed by atoms with Crippen LogP contribution in [0.25, 0.3) is 0 Å². The second kappa shape index (κ2) is 6.48. The molecule has 0 saturated carbocycles. The zero-order valence-electron chi connectivity index (χ0n) is 12.0. The van der Waals surface area contributed by atoms with E-state index in [-0.39, 0.29) is 17.2 Å². The third kappa shape index (κ3) is 4.12. The molecular formula is C14H16F3N3O. The number of alkyl halides is 3. The lowest BCUT2D eigenvalue weighted by Crippen LogP contribution is -2.39. The predicted molar refractivity (Wildman–Crippen MR) is 72.6 cm³/mol. The summed E-state index contributed by atoms with van der Waals surface area (Å²) in [5.74, 6) is -0.207. The fraction of sp³-hybridized carbons (Fsp3) is 0.429. The number of carbonyl (C=O) groups is 1. The molecule has 0 spiro atoms. The zero-order chi connectivity index (χ0) is 16.2. The number of likely N-dealkylation sites (N-methyl/N-ethyl adjacent to an activating group) is 1. The van der Waals surface area contributed by atoms with Crippen LogP contribution in [0.5, 0.6) is 0 Å². The van der Waals surface area contributed by atoms with Gasteiger partial charge in [0.2, 0.25) is 5.91 Å². The number of carbonyl (C=O) groups excluding carboxylic acids is 1. The Balaban J connectivity index is 3.00. The summed E-state index contributed by atoms with van der Waals surface area (Å²) >= 11 is 0. The summed E-state index contributed by atoms with van der Waals surface area (Å²) in [6.07, 6.45) is -4.51. The number of benzene rings is 1. The number of anilines is 1. The lowest BCUT2D eigenvalue weighted by molar-refractivity contribution is -0.137. The second-order valence-electron chi connectivity index (χ2n) is 4.59. The van der Waals surface area contributed by atoms with Crippen LogP contribution < -0.4 is 5.32 Å². The number of nitriles is 1. The lowest BCUT2D eigenvalue weighted by atomic mass is 10.1. The Hall–Kier alpha value is -2.23. The standard InChI is InChI=1S/C14H16F3N3O/c1-4-20(3)13(21)9(2)19-12-6-5-11(14(15,16)17)7-10(12)8-18/h5-7,9,19H,4H2,1-3H3. The van der Waals surface area contributed by atoms with Crippen LogP contribution in [0.3, 0.4) is 0 Å². The molecular weight excluding hydrogens is 283 g/mol. The molecule has 4 nitrogen and oxygen atoms in total. The molecule has 1 rings (SSSR count). The van der Waals surface area contributed by atoms with Crippen LogP contribution in [0.2, 0.25) is 0 Å². The van der Waals surface area contributed by atoms with Crippen LogP contribution >= 0.6 is 0 Å². The first kappa shape index (κ1) is 16.8. The topological polar surface area (TPSA) is 56.1 Å². The molecule has 0 aliphatic heterocycles. The summed E-state index contributed by atoms with van der Waals surface area (Å²) in [6.45, 7) is 3.92. The Morgan fingerprint density at radius 3 is 2.57 bits per heavy atom. The first-order valence-corrected chi connectivity index (χ1v) is 6.33. The fourth-order valence-electron chi connectivity index (χ4n) is 1.72. The van der Waals surface area contributed by atoms with E-state index in [1.807, 2.05) is 6.92 Å². The van der Waals surface area contributed by atoms with E-state index in [1.165, 1.54) is 4.90 Å². The first-order valence-electron chi connectivity index (χ1n) is 6.33. The molecule has 1 aromatic rings. The van der Waals surface area contributed by atoms with Crippen LogP contribution in [-0.4, -0.2) is 30.4 Å². The monoisotopic (exact) mass is 299 g/mol. The molecule has 0 aliphatic rings. The minimum absolute atomic E-state index is 0.149. The van der Waals surface area contributed by atoms with Crippen molar-refractivity contribution in [3.05, 3.63) is 29.3 Å². The fourth-order valence-corrected chi connectivity index (χ4v) is 1.72. The zero-order valence-corrected chi connectivity index (χ0v) is 12.0. The second-order valence-corrected chi connectivity index (χ2v) is 4.59. The van der Waals surface area contributed by atoms with E-state index in [0.29, 0.717) is 6.54 Å². The summed E-state index contributed by atoms with van der Waals surface area (Å²) in [5, 5.41) is 11.7. The van der Waals surface area contributed by atoms with Crippen LogP contribution in [0, 0.1) is 11.3 Å². The van der Waals surface area contributed by atoms with Crippen molar-refractivity contribution in [2.24, 2.45) is 0 Å². The van der Waals surface area contributed by atoms with Gasteiger partial charge in [0.1, 0.15) is 12.1 Å². The SMILES string of the molecule is CCN(C)C(=O)C(C)Nc1ccc(C(F)(F)F)cc1C#N. The molecule has 21 heavy (non-hydrogen) atoms. The molecule has 0 radical (unpaired) electrons. The van der Waals surface area contributed by atoms with E-state index in [0.717, 1.165) is 18.2 Å².